The summed E-state index contributed by atoms with van der Waals surface area (Å²) in [5.74, 6) is -0.169. The standard InChI is InChI=1S/C29H29Cl2N3O2/c30-25-9-5-10-26(31)29(25)27(35)16-17-33-18-20-34(21-19-33)24-14-12-23(13-15-24)32-28(36)11-4-8-22-6-2-1-3-7-22/h1-3,5-7,9-10,12-17H,4,8,11,18-21H2,(H,32,36)/b17-16+. The van der Waals surface area contributed by atoms with Crippen molar-refractivity contribution in [2.75, 3.05) is 36.4 Å². The molecule has 4 rings (SSSR count). The molecule has 5 nitrogen and oxygen atoms in total. The highest BCUT2D eigenvalue weighted by Crippen LogP contribution is 2.25. The molecule has 1 aliphatic heterocycles. The number of hydrogen-bond acceptors (Lipinski definition) is 4. The molecule has 0 saturated carbocycles. The van der Waals surface area contributed by atoms with Crippen molar-refractivity contribution >= 4 is 46.3 Å². The number of nitrogens with one attached hydrogen (secondary N) is 1. The van der Waals surface area contributed by atoms with E-state index in [9.17, 15) is 9.59 Å². The molecule has 0 bridgehead atoms. The predicted molar refractivity (Wildman–Crippen MR) is 148 cm³/mol. The fourth-order valence-corrected chi connectivity index (χ4v) is 4.78. The van der Waals surface area contributed by atoms with Gasteiger partial charge in [0, 0.05) is 56.3 Å². The number of nitrogens with zero attached hydrogens (tertiary/aromatic N) is 2. The van der Waals surface area contributed by atoms with Crippen LogP contribution in [0.15, 0.2) is 85.1 Å². The molecular formula is C29H29Cl2N3O2. The summed E-state index contributed by atoms with van der Waals surface area (Å²) in [5.41, 5.74) is 3.50. The first-order valence-corrected chi connectivity index (χ1v) is 12.8. The molecule has 36 heavy (non-hydrogen) atoms. The average molecular weight is 522 g/mol. The van der Waals surface area contributed by atoms with Gasteiger partial charge in [-0.25, -0.2) is 0 Å². The number of amides is 1. The Morgan fingerprint density at radius 2 is 1.50 bits per heavy atom. The van der Waals surface area contributed by atoms with Gasteiger partial charge in [-0.15, -0.1) is 0 Å². The van der Waals surface area contributed by atoms with Crippen LogP contribution in [0.25, 0.3) is 0 Å². The van der Waals surface area contributed by atoms with Crippen LogP contribution < -0.4 is 10.2 Å². The zero-order valence-electron chi connectivity index (χ0n) is 20.0. The van der Waals surface area contributed by atoms with Crippen LogP contribution in [0.2, 0.25) is 10.0 Å². The molecule has 0 aromatic heterocycles. The number of piperazine rings is 1. The molecule has 0 atom stereocenters. The Morgan fingerprint density at radius 1 is 0.833 bits per heavy atom. The van der Waals surface area contributed by atoms with E-state index in [1.807, 2.05) is 48.7 Å². The highest BCUT2D eigenvalue weighted by molar-refractivity contribution is 6.40. The molecule has 7 heteroatoms. The van der Waals surface area contributed by atoms with Crippen LogP contribution in [0.1, 0.15) is 28.8 Å². The van der Waals surface area contributed by atoms with Crippen molar-refractivity contribution in [3.8, 4) is 0 Å². The van der Waals surface area contributed by atoms with Gasteiger partial charge in [0.2, 0.25) is 5.91 Å². The highest BCUT2D eigenvalue weighted by atomic mass is 35.5. The van der Waals surface area contributed by atoms with E-state index in [0.717, 1.165) is 50.4 Å². The summed E-state index contributed by atoms with van der Waals surface area (Å²) in [6, 6.07) is 23.2. The maximum atomic E-state index is 12.5. The van der Waals surface area contributed by atoms with Gasteiger partial charge in [-0.3, -0.25) is 9.59 Å². The molecule has 186 valence electrons. The molecule has 0 unspecified atom stereocenters. The molecule has 1 heterocycles. The molecule has 1 fully saturated rings. The number of carbonyl (C=O) groups is 2. The van der Waals surface area contributed by atoms with E-state index in [0.29, 0.717) is 22.0 Å². The lowest BCUT2D eigenvalue weighted by Gasteiger charge is -2.35. The lowest BCUT2D eigenvalue weighted by atomic mass is 10.1. The Kier molecular flexibility index (Phi) is 9.04. The number of hydrogen-bond donors (Lipinski definition) is 1. The topological polar surface area (TPSA) is 52.7 Å². The van der Waals surface area contributed by atoms with Crippen LogP contribution in [0.5, 0.6) is 0 Å². The zero-order valence-corrected chi connectivity index (χ0v) is 21.5. The van der Waals surface area contributed by atoms with Crippen molar-refractivity contribution in [1.29, 1.82) is 0 Å². The van der Waals surface area contributed by atoms with Crippen molar-refractivity contribution in [1.82, 2.24) is 4.90 Å². The normalized spacial score (nSPS) is 13.7. The molecule has 1 amide bonds. The number of allylic oxidation sites excluding steroid dienone is 1. The van der Waals surface area contributed by atoms with Gasteiger partial charge in [0.15, 0.2) is 5.78 Å². The third-order valence-electron chi connectivity index (χ3n) is 6.19. The second-order valence-electron chi connectivity index (χ2n) is 8.73. The van der Waals surface area contributed by atoms with Crippen LogP contribution >= 0.6 is 23.2 Å². The Morgan fingerprint density at radius 3 is 2.17 bits per heavy atom. The first-order valence-electron chi connectivity index (χ1n) is 12.1. The minimum atomic E-state index is -0.203. The van der Waals surface area contributed by atoms with E-state index in [-0.39, 0.29) is 11.7 Å². The van der Waals surface area contributed by atoms with Crippen LogP contribution in [-0.2, 0) is 11.2 Å². The Balaban J connectivity index is 1.21. The number of carbonyl (C=O) groups excluding carboxylic acids is 2. The maximum absolute atomic E-state index is 12.5. The lowest BCUT2D eigenvalue weighted by molar-refractivity contribution is -0.116. The van der Waals surface area contributed by atoms with E-state index in [4.69, 9.17) is 23.2 Å². The zero-order chi connectivity index (χ0) is 25.3. The van der Waals surface area contributed by atoms with Crippen LogP contribution in [0.3, 0.4) is 0 Å². The highest BCUT2D eigenvalue weighted by Gasteiger charge is 2.16. The molecule has 3 aromatic carbocycles. The predicted octanol–water partition coefficient (Wildman–Crippen LogP) is 6.47. The summed E-state index contributed by atoms with van der Waals surface area (Å²) in [6.45, 7) is 3.24. The number of halogens is 2. The molecule has 1 N–H and O–H groups in total. The average Bonchev–Trinajstić information content (AvgIpc) is 2.89. The summed E-state index contributed by atoms with van der Waals surface area (Å²) in [6.07, 6.45) is 5.56. The van der Waals surface area contributed by atoms with Crippen molar-refractivity contribution < 1.29 is 9.59 Å². The van der Waals surface area contributed by atoms with Crippen LogP contribution in [0, 0.1) is 0 Å². The summed E-state index contributed by atoms with van der Waals surface area (Å²) in [5, 5.41) is 3.70. The third-order valence-corrected chi connectivity index (χ3v) is 6.82. The Labute approximate surface area is 222 Å². The number of anilines is 2. The molecule has 3 aromatic rings. The number of aryl methyl sites for hydroxylation is 1. The fraction of sp³-hybridized carbons (Fsp3) is 0.241. The largest absolute Gasteiger partial charge is 0.374 e. The van der Waals surface area contributed by atoms with Gasteiger partial charge in [0.25, 0.3) is 0 Å². The van der Waals surface area contributed by atoms with E-state index in [1.54, 1.807) is 18.2 Å². The smallest absolute Gasteiger partial charge is 0.224 e. The van der Waals surface area contributed by atoms with Gasteiger partial charge in [-0.05, 0) is 54.8 Å². The summed E-state index contributed by atoms with van der Waals surface area (Å²) < 4.78 is 0. The van der Waals surface area contributed by atoms with Crippen molar-refractivity contribution in [2.24, 2.45) is 0 Å². The van der Waals surface area contributed by atoms with Crippen molar-refractivity contribution in [3.05, 3.63) is 106 Å². The summed E-state index contributed by atoms with van der Waals surface area (Å²) >= 11 is 12.3. The Hall–Kier alpha value is -3.28. The summed E-state index contributed by atoms with van der Waals surface area (Å²) in [4.78, 5) is 29.2. The van der Waals surface area contributed by atoms with Crippen LogP contribution in [-0.4, -0.2) is 42.8 Å². The number of ketones is 1. The minimum Gasteiger partial charge on any atom is -0.374 e. The van der Waals surface area contributed by atoms with Gasteiger partial charge in [-0.1, -0.05) is 59.6 Å². The van der Waals surface area contributed by atoms with Crippen LogP contribution in [0.4, 0.5) is 11.4 Å². The summed E-state index contributed by atoms with van der Waals surface area (Å²) in [7, 11) is 0. The van der Waals surface area contributed by atoms with Gasteiger partial charge in [-0.2, -0.15) is 0 Å². The number of benzene rings is 3. The molecular weight excluding hydrogens is 493 g/mol. The third kappa shape index (κ3) is 7.12. The SMILES string of the molecule is O=C(CCCc1ccccc1)Nc1ccc(N2CCN(/C=C/C(=O)c3c(Cl)cccc3Cl)CC2)cc1. The molecule has 1 aliphatic rings. The maximum Gasteiger partial charge on any atom is 0.224 e. The van der Waals surface area contributed by atoms with Crippen molar-refractivity contribution in [3.63, 3.8) is 0 Å². The van der Waals surface area contributed by atoms with E-state index >= 15 is 0 Å². The quantitative estimate of drug-likeness (QED) is 0.259. The molecule has 0 radical (unpaired) electrons. The molecule has 0 spiro atoms. The second kappa shape index (κ2) is 12.6. The van der Waals surface area contributed by atoms with Gasteiger partial charge < -0.3 is 15.1 Å². The van der Waals surface area contributed by atoms with E-state index < -0.39 is 0 Å². The van der Waals surface area contributed by atoms with Crippen molar-refractivity contribution in [2.45, 2.75) is 19.3 Å². The van der Waals surface area contributed by atoms with E-state index in [1.165, 1.54) is 11.6 Å². The van der Waals surface area contributed by atoms with Gasteiger partial charge >= 0.3 is 0 Å². The van der Waals surface area contributed by atoms with E-state index in [2.05, 4.69) is 27.2 Å². The number of rotatable bonds is 9. The monoisotopic (exact) mass is 521 g/mol. The Bertz CT molecular complexity index is 1180. The fourth-order valence-electron chi connectivity index (χ4n) is 4.20. The molecule has 1 saturated heterocycles. The lowest BCUT2D eigenvalue weighted by Crippen LogP contribution is -2.44. The minimum absolute atomic E-state index is 0.0340. The molecule has 0 aliphatic carbocycles. The van der Waals surface area contributed by atoms with Gasteiger partial charge in [0.05, 0.1) is 15.6 Å². The second-order valence-corrected chi connectivity index (χ2v) is 9.55. The first kappa shape index (κ1) is 25.8. The first-order chi connectivity index (χ1) is 17.5. The van der Waals surface area contributed by atoms with Gasteiger partial charge in [0.1, 0.15) is 0 Å².